The molecule has 128 valence electrons. The number of allylic oxidation sites excluding steroid dienone is 1. The van der Waals surface area contributed by atoms with Crippen LogP contribution in [0.1, 0.15) is 29.3 Å². The Morgan fingerprint density at radius 2 is 1.58 bits per heavy atom. The van der Waals surface area contributed by atoms with Crippen LogP contribution >= 0.6 is 0 Å². The first-order chi connectivity index (χ1) is 12.5. The van der Waals surface area contributed by atoms with Gasteiger partial charge in [0.05, 0.1) is 12.0 Å². The van der Waals surface area contributed by atoms with E-state index in [-0.39, 0.29) is 12.2 Å². The molecule has 0 aromatic heterocycles. The SMILES string of the molecule is CC12CC(=O)C(=O)C=C1C(C(=O)c1ccccc1)=C(c1ccccc1)O2. The molecule has 1 aliphatic heterocycles. The van der Waals surface area contributed by atoms with Crippen molar-refractivity contribution < 1.29 is 19.1 Å². The molecule has 1 atom stereocenters. The second kappa shape index (κ2) is 5.92. The molecule has 26 heavy (non-hydrogen) atoms. The zero-order valence-electron chi connectivity index (χ0n) is 14.2. The summed E-state index contributed by atoms with van der Waals surface area (Å²) < 4.78 is 6.13. The van der Waals surface area contributed by atoms with Crippen LogP contribution in [-0.2, 0) is 14.3 Å². The maximum atomic E-state index is 13.2. The zero-order valence-corrected chi connectivity index (χ0v) is 14.2. The molecule has 0 bridgehead atoms. The van der Waals surface area contributed by atoms with Crippen LogP contribution in [0.25, 0.3) is 5.76 Å². The van der Waals surface area contributed by atoms with Crippen LogP contribution in [0.3, 0.4) is 0 Å². The molecule has 4 rings (SSSR count). The van der Waals surface area contributed by atoms with Gasteiger partial charge in [-0.25, -0.2) is 0 Å². The maximum absolute atomic E-state index is 13.2. The zero-order chi connectivity index (χ0) is 18.3. The van der Waals surface area contributed by atoms with Gasteiger partial charge in [0.2, 0.25) is 11.6 Å². The molecule has 0 saturated heterocycles. The average molecular weight is 344 g/mol. The minimum atomic E-state index is -1.00. The molecule has 0 fully saturated rings. The number of carbonyl (C=O) groups excluding carboxylic acids is 3. The Labute approximate surface area is 150 Å². The second-order valence-corrected chi connectivity index (χ2v) is 6.62. The third-order valence-electron chi connectivity index (χ3n) is 4.74. The van der Waals surface area contributed by atoms with E-state index in [1.54, 1.807) is 31.2 Å². The predicted octanol–water partition coefficient (Wildman–Crippen LogP) is 3.54. The lowest BCUT2D eigenvalue weighted by Gasteiger charge is -2.28. The molecule has 0 amide bonds. The van der Waals surface area contributed by atoms with Crippen LogP contribution in [-0.4, -0.2) is 23.0 Å². The van der Waals surface area contributed by atoms with Crippen LogP contribution in [0.2, 0.25) is 0 Å². The van der Waals surface area contributed by atoms with E-state index in [2.05, 4.69) is 0 Å². The monoisotopic (exact) mass is 344 g/mol. The van der Waals surface area contributed by atoms with Gasteiger partial charge in [0.1, 0.15) is 11.4 Å². The molecule has 1 heterocycles. The fourth-order valence-electron chi connectivity index (χ4n) is 3.43. The van der Waals surface area contributed by atoms with Crippen molar-refractivity contribution in [2.45, 2.75) is 18.9 Å². The summed E-state index contributed by atoms with van der Waals surface area (Å²) in [6, 6.07) is 18.1. The largest absolute Gasteiger partial charge is 0.481 e. The quantitative estimate of drug-likeness (QED) is 0.631. The molecular weight excluding hydrogens is 328 g/mol. The van der Waals surface area contributed by atoms with Crippen molar-refractivity contribution in [1.82, 2.24) is 0 Å². The van der Waals surface area contributed by atoms with Crippen LogP contribution in [0.15, 0.2) is 77.9 Å². The van der Waals surface area contributed by atoms with Gasteiger partial charge in [-0.1, -0.05) is 60.7 Å². The highest BCUT2D eigenvalue weighted by Crippen LogP contribution is 2.47. The van der Waals surface area contributed by atoms with E-state index in [9.17, 15) is 14.4 Å². The molecule has 1 unspecified atom stereocenters. The molecule has 2 aliphatic rings. The van der Waals surface area contributed by atoms with Crippen molar-refractivity contribution in [3.05, 3.63) is 89.0 Å². The topological polar surface area (TPSA) is 60.4 Å². The van der Waals surface area contributed by atoms with E-state index in [0.717, 1.165) is 5.56 Å². The van der Waals surface area contributed by atoms with Crippen molar-refractivity contribution in [2.24, 2.45) is 0 Å². The first-order valence-corrected chi connectivity index (χ1v) is 8.38. The van der Waals surface area contributed by atoms with Crippen molar-refractivity contribution >= 4 is 23.1 Å². The highest BCUT2D eigenvalue weighted by molar-refractivity contribution is 6.43. The Morgan fingerprint density at radius 3 is 2.23 bits per heavy atom. The summed E-state index contributed by atoms with van der Waals surface area (Å²) in [4.78, 5) is 37.2. The van der Waals surface area contributed by atoms with Crippen LogP contribution in [0.5, 0.6) is 0 Å². The molecule has 2 aromatic carbocycles. The van der Waals surface area contributed by atoms with Gasteiger partial charge in [0, 0.05) is 16.7 Å². The van der Waals surface area contributed by atoms with Gasteiger partial charge in [-0.15, -0.1) is 0 Å². The highest BCUT2D eigenvalue weighted by atomic mass is 16.5. The third-order valence-corrected chi connectivity index (χ3v) is 4.74. The van der Waals surface area contributed by atoms with Crippen molar-refractivity contribution in [3.8, 4) is 0 Å². The first-order valence-electron chi connectivity index (χ1n) is 8.38. The Morgan fingerprint density at radius 1 is 0.962 bits per heavy atom. The number of Topliss-reactive ketones (excluding diaryl/α,β-unsaturated/α-hetero) is 2. The summed E-state index contributed by atoms with van der Waals surface area (Å²) >= 11 is 0. The van der Waals surface area contributed by atoms with Gasteiger partial charge < -0.3 is 4.74 Å². The molecule has 0 N–H and O–H groups in total. The van der Waals surface area contributed by atoms with E-state index >= 15 is 0 Å². The molecule has 4 nitrogen and oxygen atoms in total. The first kappa shape index (κ1) is 16.2. The number of rotatable bonds is 3. The predicted molar refractivity (Wildman–Crippen MR) is 96.3 cm³/mol. The van der Waals surface area contributed by atoms with E-state index in [0.29, 0.717) is 22.5 Å². The van der Waals surface area contributed by atoms with Gasteiger partial charge in [-0.2, -0.15) is 0 Å². The second-order valence-electron chi connectivity index (χ2n) is 6.62. The number of fused-ring (bicyclic) bond motifs is 1. The molecule has 2 aromatic rings. The summed E-state index contributed by atoms with van der Waals surface area (Å²) in [5, 5.41) is 0. The molecule has 0 spiro atoms. The molecule has 0 saturated carbocycles. The third kappa shape index (κ3) is 2.51. The fraction of sp³-hybridized carbons (Fsp3) is 0.136. The standard InChI is InChI=1S/C22H16O4/c1-22-13-18(24)17(23)12-16(22)19(20(25)14-8-4-2-5-9-14)21(26-22)15-10-6-3-7-11-15/h2-12H,13H2,1H3. The van der Waals surface area contributed by atoms with Crippen LogP contribution in [0.4, 0.5) is 0 Å². The lowest BCUT2D eigenvalue weighted by Crippen LogP contribution is -2.37. The van der Waals surface area contributed by atoms with Crippen molar-refractivity contribution in [2.75, 3.05) is 0 Å². The number of ketones is 3. The average Bonchev–Trinajstić information content (AvgIpc) is 2.95. The smallest absolute Gasteiger partial charge is 0.222 e. The van der Waals surface area contributed by atoms with Gasteiger partial charge in [0.15, 0.2) is 5.78 Å². The van der Waals surface area contributed by atoms with E-state index in [1.165, 1.54) is 6.08 Å². The Balaban J connectivity index is 1.93. The number of hydrogen-bond acceptors (Lipinski definition) is 4. The molecule has 4 heteroatoms. The summed E-state index contributed by atoms with van der Waals surface area (Å²) in [6.07, 6.45) is 1.19. The summed E-state index contributed by atoms with van der Waals surface area (Å²) in [7, 11) is 0. The Hall–Kier alpha value is -3.27. The number of carbonyl (C=O) groups is 3. The number of benzene rings is 2. The van der Waals surface area contributed by atoms with Gasteiger partial charge in [0.25, 0.3) is 0 Å². The number of hydrogen-bond donors (Lipinski definition) is 0. The van der Waals surface area contributed by atoms with Crippen LogP contribution in [0, 0.1) is 0 Å². The number of ether oxygens (including phenoxy) is 1. The summed E-state index contributed by atoms with van der Waals surface area (Å²) in [6.45, 7) is 1.75. The maximum Gasteiger partial charge on any atom is 0.222 e. The minimum absolute atomic E-state index is 0.0699. The summed E-state index contributed by atoms with van der Waals surface area (Å²) in [5.41, 5.74) is 1.08. The highest BCUT2D eigenvalue weighted by Gasteiger charge is 2.49. The lowest BCUT2D eigenvalue weighted by atomic mass is 9.79. The molecular formula is C22H16O4. The molecule has 1 aliphatic carbocycles. The lowest BCUT2D eigenvalue weighted by molar-refractivity contribution is -0.136. The van der Waals surface area contributed by atoms with Crippen LogP contribution < -0.4 is 0 Å². The summed E-state index contributed by atoms with van der Waals surface area (Å²) in [5.74, 6) is -0.900. The van der Waals surface area contributed by atoms with Crippen molar-refractivity contribution in [1.29, 1.82) is 0 Å². The fourth-order valence-corrected chi connectivity index (χ4v) is 3.43. The van der Waals surface area contributed by atoms with Gasteiger partial charge in [-0.05, 0) is 13.0 Å². The van der Waals surface area contributed by atoms with Crippen molar-refractivity contribution in [3.63, 3.8) is 0 Å². The Bertz CT molecular complexity index is 983. The Kier molecular flexibility index (Phi) is 3.69. The van der Waals surface area contributed by atoms with E-state index in [1.807, 2.05) is 36.4 Å². The van der Waals surface area contributed by atoms with Gasteiger partial charge in [-0.3, -0.25) is 14.4 Å². The van der Waals surface area contributed by atoms with E-state index in [4.69, 9.17) is 4.74 Å². The normalized spacial score (nSPS) is 22.0. The molecule has 0 radical (unpaired) electrons. The van der Waals surface area contributed by atoms with E-state index < -0.39 is 17.2 Å². The minimum Gasteiger partial charge on any atom is -0.481 e. The van der Waals surface area contributed by atoms with Gasteiger partial charge >= 0.3 is 0 Å².